The second-order valence-corrected chi connectivity index (χ2v) is 7.74. The maximum absolute atomic E-state index is 14.4. The number of ether oxygens (including phenoxy) is 2. The van der Waals surface area contributed by atoms with Crippen LogP contribution in [0.5, 0.6) is 5.75 Å². The molecule has 13 heteroatoms. The SMILES string of the molecule is COc1c(N2C[C@@](OC)(C(F)(F)F)C[C@H]2C(=O)Nc2c[nH]c3c(=O)[nH]ccc23)ccc(F)c1F. The summed E-state index contributed by atoms with van der Waals surface area (Å²) in [6.45, 7) is -0.875. The summed E-state index contributed by atoms with van der Waals surface area (Å²) in [5.74, 6) is -4.20. The molecule has 182 valence electrons. The highest BCUT2D eigenvalue weighted by atomic mass is 19.4. The average molecular weight is 486 g/mol. The smallest absolute Gasteiger partial charge is 0.419 e. The summed E-state index contributed by atoms with van der Waals surface area (Å²) < 4.78 is 79.9. The number of H-pyrrole nitrogens is 2. The summed E-state index contributed by atoms with van der Waals surface area (Å²) in [6, 6.07) is 1.76. The van der Waals surface area contributed by atoms with Crippen LogP contribution in [-0.4, -0.2) is 54.5 Å². The van der Waals surface area contributed by atoms with Crippen LogP contribution in [0.2, 0.25) is 0 Å². The maximum Gasteiger partial charge on any atom is 0.419 e. The number of alkyl halides is 3. The molecule has 0 spiro atoms. The van der Waals surface area contributed by atoms with E-state index in [0.717, 1.165) is 31.3 Å². The lowest BCUT2D eigenvalue weighted by atomic mass is 9.99. The molecule has 3 aromatic rings. The monoisotopic (exact) mass is 486 g/mol. The van der Waals surface area contributed by atoms with Gasteiger partial charge in [-0.25, -0.2) is 4.39 Å². The zero-order valence-electron chi connectivity index (χ0n) is 17.8. The first-order valence-electron chi connectivity index (χ1n) is 9.93. The molecule has 1 aliphatic heterocycles. The molecule has 4 rings (SSSR count). The molecular formula is C21H19F5N4O4. The molecule has 0 aliphatic carbocycles. The van der Waals surface area contributed by atoms with Gasteiger partial charge in [-0.15, -0.1) is 0 Å². The van der Waals surface area contributed by atoms with E-state index < -0.39 is 59.6 Å². The van der Waals surface area contributed by atoms with Gasteiger partial charge in [-0.2, -0.15) is 17.6 Å². The molecule has 2 aromatic heterocycles. The average Bonchev–Trinajstić information content (AvgIpc) is 3.39. The number of carbonyl (C=O) groups is 1. The minimum absolute atomic E-state index is 0.157. The van der Waals surface area contributed by atoms with E-state index in [1.165, 1.54) is 18.5 Å². The normalized spacial score (nSPS) is 20.7. The van der Waals surface area contributed by atoms with Gasteiger partial charge in [-0.05, 0) is 18.2 Å². The molecule has 1 amide bonds. The number of benzene rings is 1. The van der Waals surface area contributed by atoms with Crippen molar-refractivity contribution in [1.82, 2.24) is 9.97 Å². The van der Waals surface area contributed by atoms with Gasteiger partial charge in [0.2, 0.25) is 11.7 Å². The fraction of sp³-hybridized carbons (Fsp3) is 0.333. The van der Waals surface area contributed by atoms with Crippen LogP contribution < -0.4 is 20.5 Å². The first-order chi connectivity index (χ1) is 16.0. The second-order valence-electron chi connectivity index (χ2n) is 7.74. The first-order valence-corrected chi connectivity index (χ1v) is 9.93. The Morgan fingerprint density at radius 1 is 1.21 bits per heavy atom. The number of rotatable bonds is 5. The maximum atomic E-state index is 14.4. The van der Waals surface area contributed by atoms with Crippen LogP contribution in [-0.2, 0) is 9.53 Å². The number of aromatic nitrogens is 2. The summed E-state index contributed by atoms with van der Waals surface area (Å²) in [7, 11) is 1.89. The number of hydrogen-bond donors (Lipinski definition) is 3. The summed E-state index contributed by atoms with van der Waals surface area (Å²) in [6.07, 6.45) is -3.04. The van der Waals surface area contributed by atoms with Crippen LogP contribution in [0.1, 0.15) is 6.42 Å². The van der Waals surface area contributed by atoms with Gasteiger partial charge in [0.15, 0.2) is 17.2 Å². The summed E-state index contributed by atoms with van der Waals surface area (Å²) in [5, 5.41) is 2.85. The highest BCUT2D eigenvalue weighted by molar-refractivity contribution is 6.04. The topological polar surface area (TPSA) is 99.4 Å². The predicted octanol–water partition coefficient (Wildman–Crippen LogP) is 3.31. The molecule has 1 fully saturated rings. The number of aromatic amines is 2. The minimum atomic E-state index is -4.88. The number of methoxy groups -OCH3 is 2. The molecule has 1 aliphatic rings. The highest BCUT2D eigenvalue weighted by Gasteiger charge is 2.63. The Morgan fingerprint density at radius 3 is 2.59 bits per heavy atom. The van der Waals surface area contributed by atoms with E-state index in [-0.39, 0.29) is 16.9 Å². The lowest BCUT2D eigenvalue weighted by molar-refractivity contribution is -0.261. The quantitative estimate of drug-likeness (QED) is 0.481. The minimum Gasteiger partial charge on any atom is -0.491 e. The highest BCUT2D eigenvalue weighted by Crippen LogP contribution is 2.47. The number of nitrogens with zero attached hydrogens (tertiary/aromatic N) is 1. The van der Waals surface area contributed by atoms with Crippen molar-refractivity contribution in [3.05, 3.63) is 52.6 Å². The van der Waals surface area contributed by atoms with Crippen LogP contribution in [0.15, 0.2) is 35.4 Å². The molecule has 3 N–H and O–H groups in total. The molecular weight excluding hydrogens is 467 g/mol. The zero-order valence-corrected chi connectivity index (χ0v) is 17.8. The summed E-state index contributed by atoms with van der Waals surface area (Å²) in [5.41, 5.74) is -3.15. The fourth-order valence-corrected chi connectivity index (χ4v) is 4.16. The number of amides is 1. The lowest BCUT2D eigenvalue weighted by Gasteiger charge is -2.31. The molecule has 0 radical (unpaired) electrons. The third kappa shape index (κ3) is 3.65. The van der Waals surface area contributed by atoms with E-state index in [1.54, 1.807) is 0 Å². The number of hydrogen-bond acceptors (Lipinski definition) is 5. The van der Waals surface area contributed by atoms with Crippen molar-refractivity contribution in [2.45, 2.75) is 24.2 Å². The van der Waals surface area contributed by atoms with Crippen molar-refractivity contribution in [2.75, 3.05) is 31.0 Å². The molecule has 0 saturated carbocycles. The van der Waals surface area contributed by atoms with Gasteiger partial charge in [-0.3, -0.25) is 9.59 Å². The predicted molar refractivity (Wildman–Crippen MR) is 112 cm³/mol. The first kappa shape index (κ1) is 23.5. The third-order valence-electron chi connectivity index (χ3n) is 5.95. The standard InChI is InChI=1S/C21H19F5N4O4/c1-33-17-13(4-3-11(22)15(17)23)30-9-20(34-2,21(24,25)26)7-14(30)18(31)29-12-8-28-16-10(12)5-6-27-19(16)32/h3-6,8,14,28H,7,9H2,1-2H3,(H,27,32)(H,29,31)/t14-,20+/m0/s1. The number of nitrogens with one attached hydrogen (secondary N) is 3. The molecule has 0 unspecified atom stereocenters. The van der Waals surface area contributed by atoms with Gasteiger partial charge < -0.3 is 29.7 Å². The Balaban J connectivity index is 1.77. The van der Waals surface area contributed by atoms with Crippen LogP contribution in [0.3, 0.4) is 0 Å². The van der Waals surface area contributed by atoms with E-state index in [4.69, 9.17) is 9.47 Å². The third-order valence-corrected chi connectivity index (χ3v) is 5.95. The van der Waals surface area contributed by atoms with E-state index in [2.05, 4.69) is 15.3 Å². The van der Waals surface area contributed by atoms with Crippen molar-refractivity contribution in [2.24, 2.45) is 0 Å². The molecule has 0 bridgehead atoms. The Morgan fingerprint density at radius 2 is 1.94 bits per heavy atom. The van der Waals surface area contributed by atoms with E-state index in [0.29, 0.717) is 5.39 Å². The number of fused-ring (bicyclic) bond motifs is 1. The molecule has 3 heterocycles. The molecule has 34 heavy (non-hydrogen) atoms. The summed E-state index contributed by atoms with van der Waals surface area (Å²) in [4.78, 5) is 31.2. The van der Waals surface area contributed by atoms with Crippen LogP contribution in [0.25, 0.3) is 10.9 Å². The van der Waals surface area contributed by atoms with Gasteiger partial charge >= 0.3 is 6.18 Å². The fourth-order valence-electron chi connectivity index (χ4n) is 4.16. The largest absolute Gasteiger partial charge is 0.491 e. The Hall–Kier alpha value is -3.61. The van der Waals surface area contributed by atoms with Crippen LogP contribution in [0.4, 0.5) is 33.3 Å². The van der Waals surface area contributed by atoms with E-state index >= 15 is 0 Å². The number of halogens is 5. The van der Waals surface area contributed by atoms with Gasteiger partial charge in [0.05, 0.1) is 25.0 Å². The van der Waals surface area contributed by atoms with Gasteiger partial charge in [0.25, 0.3) is 5.56 Å². The van der Waals surface area contributed by atoms with Crippen LogP contribution >= 0.6 is 0 Å². The van der Waals surface area contributed by atoms with Gasteiger partial charge in [0, 0.05) is 31.3 Å². The number of anilines is 2. The van der Waals surface area contributed by atoms with Crippen LogP contribution in [0, 0.1) is 11.6 Å². The van der Waals surface area contributed by atoms with Gasteiger partial charge in [-0.1, -0.05) is 0 Å². The zero-order chi connectivity index (χ0) is 24.8. The molecule has 1 aromatic carbocycles. The van der Waals surface area contributed by atoms with Crippen molar-refractivity contribution in [3.8, 4) is 5.75 Å². The second kappa shape index (κ2) is 8.31. The van der Waals surface area contributed by atoms with Gasteiger partial charge in [0.1, 0.15) is 11.6 Å². The number of carbonyl (C=O) groups excluding carboxylic acids is 1. The van der Waals surface area contributed by atoms with Crippen molar-refractivity contribution >= 4 is 28.2 Å². The Labute approximate surface area is 188 Å². The molecule has 1 saturated heterocycles. The summed E-state index contributed by atoms with van der Waals surface area (Å²) >= 11 is 0. The van der Waals surface area contributed by atoms with Crippen molar-refractivity contribution in [1.29, 1.82) is 0 Å². The van der Waals surface area contributed by atoms with Crippen molar-refractivity contribution in [3.63, 3.8) is 0 Å². The van der Waals surface area contributed by atoms with E-state index in [9.17, 15) is 31.5 Å². The Bertz CT molecular complexity index is 1300. The van der Waals surface area contributed by atoms with Crippen molar-refractivity contribution < 1.29 is 36.2 Å². The molecule has 8 nitrogen and oxygen atoms in total. The van der Waals surface area contributed by atoms with E-state index in [1.807, 2.05) is 0 Å². The number of pyridine rings is 1. The lowest BCUT2D eigenvalue weighted by Crippen LogP contribution is -2.49. The molecule has 2 atom stereocenters. The Kier molecular flexibility index (Phi) is 5.75.